The molecule has 4 nitrogen and oxygen atoms in total. The summed E-state index contributed by atoms with van der Waals surface area (Å²) >= 11 is 0. The Labute approximate surface area is 122 Å². The highest BCUT2D eigenvalue weighted by atomic mass is 16.5. The van der Waals surface area contributed by atoms with Crippen LogP contribution in [-0.2, 0) is 4.74 Å². The molecule has 4 heteroatoms. The van der Waals surface area contributed by atoms with Gasteiger partial charge in [-0.25, -0.2) is 0 Å². The smallest absolute Gasteiger partial charge is 0.0594 e. The van der Waals surface area contributed by atoms with Gasteiger partial charge in [-0.1, -0.05) is 30.3 Å². The van der Waals surface area contributed by atoms with E-state index in [-0.39, 0.29) is 0 Å². The molecule has 1 heterocycles. The lowest BCUT2D eigenvalue weighted by molar-refractivity contribution is 0.0696. The standard InChI is InChI=1S/C16H27N3O/c1-18(2)10-12-20-13-11-19-9-8-17-14-16(19)15-6-4-3-5-7-15/h3-7,16-17H,8-14H2,1-2H3. The molecule has 1 fully saturated rings. The van der Waals surface area contributed by atoms with Crippen LogP contribution in [0.4, 0.5) is 0 Å². The molecule has 0 aromatic heterocycles. The summed E-state index contributed by atoms with van der Waals surface area (Å²) in [6.07, 6.45) is 0. The number of piperazine rings is 1. The summed E-state index contributed by atoms with van der Waals surface area (Å²) in [5, 5.41) is 3.49. The van der Waals surface area contributed by atoms with Crippen LogP contribution in [0.3, 0.4) is 0 Å². The molecule has 1 aliphatic rings. The Morgan fingerprint density at radius 1 is 1.25 bits per heavy atom. The van der Waals surface area contributed by atoms with Crippen molar-refractivity contribution in [2.75, 3.05) is 60.0 Å². The number of hydrogen-bond donors (Lipinski definition) is 1. The largest absolute Gasteiger partial charge is 0.379 e. The molecular weight excluding hydrogens is 250 g/mol. The van der Waals surface area contributed by atoms with Crippen molar-refractivity contribution in [3.8, 4) is 0 Å². The average molecular weight is 277 g/mol. The lowest BCUT2D eigenvalue weighted by Crippen LogP contribution is -2.47. The van der Waals surface area contributed by atoms with E-state index in [4.69, 9.17) is 4.74 Å². The van der Waals surface area contributed by atoms with Crippen molar-refractivity contribution in [1.82, 2.24) is 15.1 Å². The molecule has 1 N–H and O–H groups in total. The molecule has 0 radical (unpaired) electrons. The Morgan fingerprint density at radius 2 is 2.05 bits per heavy atom. The Morgan fingerprint density at radius 3 is 2.80 bits per heavy atom. The molecule has 0 saturated carbocycles. The van der Waals surface area contributed by atoms with E-state index in [0.29, 0.717) is 6.04 Å². The molecular formula is C16H27N3O. The second-order valence-corrected chi connectivity index (χ2v) is 5.58. The topological polar surface area (TPSA) is 27.7 Å². The van der Waals surface area contributed by atoms with Crippen LogP contribution < -0.4 is 5.32 Å². The minimum atomic E-state index is 0.474. The van der Waals surface area contributed by atoms with E-state index >= 15 is 0 Å². The zero-order valence-corrected chi connectivity index (χ0v) is 12.7. The fraction of sp³-hybridized carbons (Fsp3) is 0.625. The van der Waals surface area contributed by atoms with Gasteiger partial charge < -0.3 is 15.0 Å². The molecule has 2 rings (SSSR count). The third kappa shape index (κ3) is 4.87. The minimum absolute atomic E-state index is 0.474. The summed E-state index contributed by atoms with van der Waals surface area (Å²) in [7, 11) is 4.15. The molecule has 1 aromatic rings. The number of benzene rings is 1. The van der Waals surface area contributed by atoms with Crippen LogP contribution in [0.25, 0.3) is 0 Å². The van der Waals surface area contributed by atoms with Crippen molar-refractivity contribution in [1.29, 1.82) is 0 Å². The molecule has 1 unspecified atom stereocenters. The van der Waals surface area contributed by atoms with Crippen molar-refractivity contribution in [3.63, 3.8) is 0 Å². The third-order valence-corrected chi connectivity index (χ3v) is 3.74. The van der Waals surface area contributed by atoms with Gasteiger partial charge in [0.25, 0.3) is 0 Å². The Bertz CT molecular complexity index is 369. The lowest BCUT2D eigenvalue weighted by Gasteiger charge is -2.36. The summed E-state index contributed by atoms with van der Waals surface area (Å²) in [5.41, 5.74) is 1.40. The first-order valence-corrected chi connectivity index (χ1v) is 7.49. The normalized spacial score (nSPS) is 20.4. The van der Waals surface area contributed by atoms with Crippen LogP contribution >= 0.6 is 0 Å². The maximum Gasteiger partial charge on any atom is 0.0594 e. The Balaban J connectivity index is 1.79. The van der Waals surface area contributed by atoms with Crippen LogP contribution in [0.5, 0.6) is 0 Å². The van der Waals surface area contributed by atoms with Crippen LogP contribution in [0.15, 0.2) is 30.3 Å². The van der Waals surface area contributed by atoms with Gasteiger partial charge in [0.2, 0.25) is 0 Å². The van der Waals surface area contributed by atoms with E-state index in [1.165, 1.54) is 5.56 Å². The average Bonchev–Trinajstić information content (AvgIpc) is 2.48. The van der Waals surface area contributed by atoms with Crippen molar-refractivity contribution >= 4 is 0 Å². The predicted octanol–water partition coefficient (Wildman–Crippen LogP) is 1.21. The summed E-state index contributed by atoms with van der Waals surface area (Å²) < 4.78 is 5.73. The zero-order chi connectivity index (χ0) is 14.2. The lowest BCUT2D eigenvalue weighted by atomic mass is 10.0. The van der Waals surface area contributed by atoms with Gasteiger partial charge in [-0.3, -0.25) is 4.90 Å². The quantitative estimate of drug-likeness (QED) is 0.758. The van der Waals surface area contributed by atoms with Gasteiger partial charge >= 0.3 is 0 Å². The number of likely N-dealkylation sites (N-methyl/N-ethyl adjacent to an activating group) is 1. The molecule has 112 valence electrons. The van der Waals surface area contributed by atoms with E-state index in [9.17, 15) is 0 Å². The summed E-state index contributed by atoms with van der Waals surface area (Å²) in [5.74, 6) is 0. The van der Waals surface area contributed by atoms with Gasteiger partial charge in [-0.05, 0) is 19.7 Å². The zero-order valence-electron chi connectivity index (χ0n) is 12.7. The van der Waals surface area contributed by atoms with Gasteiger partial charge in [0.05, 0.1) is 13.2 Å². The second-order valence-electron chi connectivity index (χ2n) is 5.58. The first-order chi connectivity index (χ1) is 9.77. The Hall–Kier alpha value is -0.940. The Kier molecular flexibility index (Phi) is 6.47. The molecule has 0 amide bonds. The maximum atomic E-state index is 5.73. The number of nitrogens with zero attached hydrogens (tertiary/aromatic N) is 2. The van der Waals surface area contributed by atoms with Gasteiger partial charge in [0.15, 0.2) is 0 Å². The SMILES string of the molecule is CN(C)CCOCCN1CCNCC1c1ccccc1. The van der Waals surface area contributed by atoms with Crippen molar-refractivity contribution in [3.05, 3.63) is 35.9 Å². The second kappa shape index (κ2) is 8.37. The van der Waals surface area contributed by atoms with Gasteiger partial charge in [0, 0.05) is 38.8 Å². The van der Waals surface area contributed by atoms with E-state index < -0.39 is 0 Å². The summed E-state index contributed by atoms with van der Waals surface area (Å²) in [4.78, 5) is 4.68. The van der Waals surface area contributed by atoms with E-state index in [0.717, 1.165) is 45.9 Å². The number of hydrogen-bond acceptors (Lipinski definition) is 4. The number of rotatable bonds is 7. The van der Waals surface area contributed by atoms with Crippen LogP contribution in [0.2, 0.25) is 0 Å². The molecule has 20 heavy (non-hydrogen) atoms. The van der Waals surface area contributed by atoms with Crippen molar-refractivity contribution in [2.24, 2.45) is 0 Å². The summed E-state index contributed by atoms with van der Waals surface area (Å²) in [6.45, 7) is 6.82. The van der Waals surface area contributed by atoms with E-state index in [2.05, 4.69) is 59.5 Å². The minimum Gasteiger partial charge on any atom is -0.379 e. The van der Waals surface area contributed by atoms with E-state index in [1.807, 2.05) is 0 Å². The highest BCUT2D eigenvalue weighted by Gasteiger charge is 2.22. The maximum absolute atomic E-state index is 5.73. The first-order valence-electron chi connectivity index (χ1n) is 7.49. The molecule has 0 aliphatic carbocycles. The molecule has 1 saturated heterocycles. The van der Waals surface area contributed by atoms with Crippen molar-refractivity contribution < 1.29 is 4.74 Å². The van der Waals surface area contributed by atoms with Gasteiger partial charge in [0.1, 0.15) is 0 Å². The molecule has 1 aliphatic heterocycles. The molecule has 0 spiro atoms. The van der Waals surface area contributed by atoms with Crippen LogP contribution in [-0.4, -0.2) is 69.8 Å². The number of nitrogens with one attached hydrogen (secondary N) is 1. The van der Waals surface area contributed by atoms with Crippen molar-refractivity contribution in [2.45, 2.75) is 6.04 Å². The third-order valence-electron chi connectivity index (χ3n) is 3.74. The predicted molar refractivity (Wildman–Crippen MR) is 83.0 cm³/mol. The molecule has 1 aromatic carbocycles. The number of ether oxygens (including phenoxy) is 1. The highest BCUT2D eigenvalue weighted by molar-refractivity contribution is 5.20. The van der Waals surface area contributed by atoms with Gasteiger partial charge in [-0.2, -0.15) is 0 Å². The first kappa shape index (κ1) is 15.4. The molecule has 1 atom stereocenters. The summed E-state index contributed by atoms with van der Waals surface area (Å²) in [6, 6.07) is 11.2. The molecule has 0 bridgehead atoms. The van der Waals surface area contributed by atoms with E-state index in [1.54, 1.807) is 0 Å². The van der Waals surface area contributed by atoms with Crippen LogP contribution in [0, 0.1) is 0 Å². The monoisotopic (exact) mass is 277 g/mol. The van der Waals surface area contributed by atoms with Crippen LogP contribution in [0.1, 0.15) is 11.6 Å². The fourth-order valence-electron chi connectivity index (χ4n) is 2.55. The fourth-order valence-corrected chi connectivity index (χ4v) is 2.55. The highest BCUT2D eigenvalue weighted by Crippen LogP contribution is 2.21. The van der Waals surface area contributed by atoms with Gasteiger partial charge in [-0.15, -0.1) is 0 Å².